The van der Waals surface area contributed by atoms with Crippen molar-refractivity contribution in [1.82, 2.24) is 0 Å². The van der Waals surface area contributed by atoms with E-state index in [0.29, 0.717) is 28.0 Å². The van der Waals surface area contributed by atoms with Crippen LogP contribution in [0.2, 0.25) is 0 Å². The number of nitriles is 1. The first kappa shape index (κ1) is 11.7. The molecule has 0 bridgehead atoms. The van der Waals surface area contributed by atoms with Gasteiger partial charge in [0.05, 0.1) is 17.7 Å². The van der Waals surface area contributed by atoms with Crippen LogP contribution in [0.3, 0.4) is 0 Å². The van der Waals surface area contributed by atoms with E-state index in [-0.39, 0.29) is 5.78 Å². The Morgan fingerprint density at radius 3 is 2.73 bits per heavy atom. The van der Waals surface area contributed by atoms with Gasteiger partial charge in [-0.15, -0.1) is 0 Å². The van der Waals surface area contributed by atoms with Gasteiger partial charge in [-0.2, -0.15) is 5.26 Å². The molecule has 0 N–H and O–H groups in total. The Hall–Kier alpha value is -1.34. The van der Waals surface area contributed by atoms with Crippen molar-refractivity contribution in [1.29, 1.82) is 5.26 Å². The van der Waals surface area contributed by atoms with E-state index in [4.69, 9.17) is 10.00 Å². The van der Waals surface area contributed by atoms with Crippen LogP contribution >= 0.6 is 15.9 Å². The van der Waals surface area contributed by atoms with Gasteiger partial charge < -0.3 is 4.74 Å². The highest BCUT2D eigenvalue weighted by Crippen LogP contribution is 2.30. The largest absolute Gasteiger partial charge is 0.493 e. The van der Waals surface area contributed by atoms with E-state index >= 15 is 0 Å². The molecule has 0 saturated carbocycles. The molecule has 0 saturated heterocycles. The third-order valence-electron chi connectivity index (χ3n) is 1.88. The summed E-state index contributed by atoms with van der Waals surface area (Å²) in [6.07, 6.45) is 0. The van der Waals surface area contributed by atoms with Gasteiger partial charge in [0.1, 0.15) is 11.8 Å². The summed E-state index contributed by atoms with van der Waals surface area (Å²) in [4.78, 5) is 11.4. The number of ether oxygens (including phenoxy) is 1. The predicted octanol–water partition coefficient (Wildman–Crippen LogP) is 2.92. The second-order valence-corrected chi connectivity index (χ2v) is 3.69. The molecule has 1 aromatic carbocycles. The Kier molecular flexibility index (Phi) is 3.87. The van der Waals surface area contributed by atoms with Gasteiger partial charge >= 0.3 is 0 Å². The SMILES string of the molecule is CCOc1ccc(C#N)c(Br)c1C(C)=O. The van der Waals surface area contributed by atoms with E-state index in [1.165, 1.54) is 6.92 Å². The molecule has 3 nitrogen and oxygen atoms in total. The van der Waals surface area contributed by atoms with Gasteiger partial charge in [0.15, 0.2) is 5.78 Å². The lowest BCUT2D eigenvalue weighted by atomic mass is 10.1. The molecule has 0 radical (unpaired) electrons. The molecule has 0 atom stereocenters. The molecule has 1 rings (SSSR count). The summed E-state index contributed by atoms with van der Waals surface area (Å²) in [7, 11) is 0. The number of ketones is 1. The van der Waals surface area contributed by atoms with Crippen molar-refractivity contribution in [3.8, 4) is 11.8 Å². The minimum atomic E-state index is -0.123. The fraction of sp³-hybridized carbons (Fsp3) is 0.273. The molecule has 0 fully saturated rings. The van der Waals surface area contributed by atoms with Crippen molar-refractivity contribution in [2.24, 2.45) is 0 Å². The summed E-state index contributed by atoms with van der Waals surface area (Å²) >= 11 is 3.24. The summed E-state index contributed by atoms with van der Waals surface area (Å²) in [5.74, 6) is 0.387. The first-order valence-corrected chi connectivity index (χ1v) is 5.27. The third-order valence-corrected chi connectivity index (χ3v) is 2.70. The minimum Gasteiger partial charge on any atom is -0.493 e. The zero-order valence-electron chi connectivity index (χ0n) is 8.50. The third kappa shape index (κ3) is 2.37. The Morgan fingerprint density at radius 1 is 1.60 bits per heavy atom. The number of benzene rings is 1. The van der Waals surface area contributed by atoms with E-state index in [9.17, 15) is 4.79 Å². The maximum atomic E-state index is 11.4. The number of rotatable bonds is 3. The topological polar surface area (TPSA) is 50.1 Å². The molecule has 0 aromatic heterocycles. The maximum absolute atomic E-state index is 11.4. The number of halogens is 1. The quantitative estimate of drug-likeness (QED) is 0.792. The van der Waals surface area contributed by atoms with Crippen molar-refractivity contribution in [3.05, 3.63) is 27.7 Å². The molecule has 78 valence electrons. The van der Waals surface area contributed by atoms with Gasteiger partial charge in [0, 0.05) is 4.47 Å². The van der Waals surface area contributed by atoms with E-state index in [1.807, 2.05) is 13.0 Å². The van der Waals surface area contributed by atoms with Crippen LogP contribution < -0.4 is 4.74 Å². The van der Waals surface area contributed by atoms with E-state index < -0.39 is 0 Å². The van der Waals surface area contributed by atoms with Gasteiger partial charge in [-0.1, -0.05) is 0 Å². The average Bonchev–Trinajstić information content (AvgIpc) is 2.18. The van der Waals surface area contributed by atoms with Crippen molar-refractivity contribution >= 4 is 21.7 Å². The number of hydrogen-bond acceptors (Lipinski definition) is 3. The fourth-order valence-corrected chi connectivity index (χ4v) is 1.94. The summed E-state index contributed by atoms with van der Waals surface area (Å²) in [6.45, 7) is 3.78. The lowest BCUT2D eigenvalue weighted by Crippen LogP contribution is -2.02. The highest BCUT2D eigenvalue weighted by molar-refractivity contribution is 9.10. The molecule has 4 heteroatoms. The second-order valence-electron chi connectivity index (χ2n) is 2.90. The standard InChI is InChI=1S/C11H10BrNO2/c1-3-15-9-5-4-8(6-13)11(12)10(9)7(2)14/h4-5H,3H2,1-2H3. The molecule has 0 heterocycles. The fourth-order valence-electron chi connectivity index (χ4n) is 1.25. The smallest absolute Gasteiger partial charge is 0.164 e. The predicted molar refractivity (Wildman–Crippen MR) is 60.0 cm³/mol. The molecule has 15 heavy (non-hydrogen) atoms. The zero-order valence-corrected chi connectivity index (χ0v) is 10.1. The molecule has 0 spiro atoms. The molecule has 0 aliphatic carbocycles. The number of hydrogen-bond donors (Lipinski definition) is 0. The Bertz CT molecular complexity index is 435. The molecular weight excluding hydrogens is 258 g/mol. The first-order chi connectivity index (χ1) is 7.11. The van der Waals surface area contributed by atoms with Crippen molar-refractivity contribution in [2.45, 2.75) is 13.8 Å². The summed E-state index contributed by atoms with van der Waals surface area (Å²) in [5.41, 5.74) is 0.861. The first-order valence-electron chi connectivity index (χ1n) is 4.48. The summed E-state index contributed by atoms with van der Waals surface area (Å²) < 4.78 is 5.82. The van der Waals surface area contributed by atoms with Gasteiger partial charge in [-0.25, -0.2) is 0 Å². The normalized spacial score (nSPS) is 9.47. The Morgan fingerprint density at radius 2 is 2.27 bits per heavy atom. The van der Waals surface area contributed by atoms with Gasteiger partial charge in [0.25, 0.3) is 0 Å². The number of carbonyl (C=O) groups excluding carboxylic acids is 1. The van der Waals surface area contributed by atoms with Crippen LogP contribution in [0.25, 0.3) is 0 Å². The molecule has 1 aromatic rings. The van der Waals surface area contributed by atoms with Crippen LogP contribution in [-0.4, -0.2) is 12.4 Å². The lowest BCUT2D eigenvalue weighted by Gasteiger charge is -2.10. The Labute approximate surface area is 96.8 Å². The van der Waals surface area contributed by atoms with E-state index in [2.05, 4.69) is 15.9 Å². The minimum absolute atomic E-state index is 0.123. The Balaban J connectivity index is 3.39. The van der Waals surface area contributed by atoms with Crippen LogP contribution in [0, 0.1) is 11.3 Å². The highest BCUT2D eigenvalue weighted by atomic mass is 79.9. The number of nitrogens with zero attached hydrogens (tertiary/aromatic N) is 1. The summed E-state index contributed by atoms with van der Waals surface area (Å²) in [6, 6.07) is 5.27. The number of carbonyl (C=O) groups is 1. The zero-order chi connectivity index (χ0) is 11.4. The van der Waals surface area contributed by atoms with Crippen LogP contribution in [0.1, 0.15) is 29.8 Å². The van der Waals surface area contributed by atoms with E-state index in [0.717, 1.165) is 0 Å². The number of Topliss-reactive ketones (excluding diaryl/α,β-unsaturated/α-hetero) is 1. The van der Waals surface area contributed by atoms with Crippen LogP contribution in [0.15, 0.2) is 16.6 Å². The van der Waals surface area contributed by atoms with Crippen LogP contribution in [-0.2, 0) is 0 Å². The molecular formula is C11H10BrNO2. The van der Waals surface area contributed by atoms with Gasteiger partial charge in [0.2, 0.25) is 0 Å². The van der Waals surface area contributed by atoms with Crippen molar-refractivity contribution < 1.29 is 9.53 Å². The van der Waals surface area contributed by atoms with Gasteiger partial charge in [-0.3, -0.25) is 4.79 Å². The van der Waals surface area contributed by atoms with E-state index in [1.54, 1.807) is 12.1 Å². The molecule has 0 amide bonds. The second kappa shape index (κ2) is 4.94. The van der Waals surface area contributed by atoms with Crippen LogP contribution in [0.4, 0.5) is 0 Å². The molecule has 0 aliphatic heterocycles. The molecule has 0 unspecified atom stereocenters. The van der Waals surface area contributed by atoms with Crippen molar-refractivity contribution in [2.75, 3.05) is 6.61 Å². The highest BCUT2D eigenvalue weighted by Gasteiger charge is 2.15. The monoisotopic (exact) mass is 267 g/mol. The van der Waals surface area contributed by atoms with Crippen molar-refractivity contribution in [3.63, 3.8) is 0 Å². The van der Waals surface area contributed by atoms with Gasteiger partial charge in [-0.05, 0) is 41.9 Å². The average molecular weight is 268 g/mol. The molecule has 0 aliphatic rings. The maximum Gasteiger partial charge on any atom is 0.164 e. The lowest BCUT2D eigenvalue weighted by molar-refractivity contribution is 0.101. The summed E-state index contributed by atoms with van der Waals surface area (Å²) in [5, 5.41) is 8.81. The van der Waals surface area contributed by atoms with Crippen LogP contribution in [0.5, 0.6) is 5.75 Å².